The Labute approximate surface area is 112 Å². The molecule has 1 amide bonds. The number of rotatable bonds is 3. The van der Waals surface area contributed by atoms with Gasteiger partial charge in [-0.2, -0.15) is 23.4 Å². The molecular formula is C11H12F3N5O. The standard InChI is InChI=1S/C11H12F3N5O/c1-7-3-9(17-18(7)2)10(20)16-8-4-15-19(5-8)6-11(12,13)14/h3-5H,6H2,1-2H3,(H,16,20). The van der Waals surface area contributed by atoms with E-state index in [9.17, 15) is 18.0 Å². The van der Waals surface area contributed by atoms with Crippen molar-refractivity contribution in [3.63, 3.8) is 0 Å². The molecule has 0 aliphatic carbocycles. The third-order valence-electron chi connectivity index (χ3n) is 2.58. The molecular weight excluding hydrogens is 275 g/mol. The molecule has 0 saturated carbocycles. The Kier molecular flexibility index (Phi) is 3.51. The van der Waals surface area contributed by atoms with E-state index in [0.717, 1.165) is 18.1 Å². The van der Waals surface area contributed by atoms with Gasteiger partial charge in [-0.25, -0.2) is 0 Å². The minimum Gasteiger partial charge on any atom is -0.318 e. The number of alkyl halides is 3. The van der Waals surface area contributed by atoms with Crippen LogP contribution >= 0.6 is 0 Å². The van der Waals surface area contributed by atoms with Crippen LogP contribution < -0.4 is 5.32 Å². The molecule has 0 bridgehead atoms. The first-order chi connectivity index (χ1) is 9.24. The number of halogens is 3. The molecule has 20 heavy (non-hydrogen) atoms. The Balaban J connectivity index is 2.05. The Hall–Kier alpha value is -2.32. The monoisotopic (exact) mass is 287 g/mol. The maximum atomic E-state index is 12.2. The number of nitrogens with one attached hydrogen (secondary N) is 1. The highest BCUT2D eigenvalue weighted by atomic mass is 19.4. The van der Waals surface area contributed by atoms with Gasteiger partial charge in [0.2, 0.25) is 0 Å². The quantitative estimate of drug-likeness (QED) is 0.935. The largest absolute Gasteiger partial charge is 0.408 e. The molecule has 0 aliphatic rings. The van der Waals surface area contributed by atoms with Gasteiger partial charge in [0.15, 0.2) is 5.69 Å². The van der Waals surface area contributed by atoms with Crippen molar-refractivity contribution in [2.75, 3.05) is 5.32 Å². The van der Waals surface area contributed by atoms with E-state index in [1.165, 1.54) is 4.68 Å². The van der Waals surface area contributed by atoms with Gasteiger partial charge in [0.25, 0.3) is 5.91 Å². The minimum atomic E-state index is -4.36. The molecule has 0 aliphatic heterocycles. The van der Waals surface area contributed by atoms with Crippen LogP contribution in [-0.4, -0.2) is 31.6 Å². The van der Waals surface area contributed by atoms with Crippen molar-refractivity contribution < 1.29 is 18.0 Å². The lowest BCUT2D eigenvalue weighted by atomic mass is 10.3. The first kappa shape index (κ1) is 14.1. The molecule has 6 nitrogen and oxygen atoms in total. The van der Waals surface area contributed by atoms with Crippen molar-refractivity contribution in [1.29, 1.82) is 0 Å². The fourth-order valence-corrected chi connectivity index (χ4v) is 1.56. The van der Waals surface area contributed by atoms with Gasteiger partial charge in [-0.05, 0) is 13.0 Å². The summed E-state index contributed by atoms with van der Waals surface area (Å²) in [5.41, 5.74) is 1.17. The SMILES string of the molecule is Cc1cc(C(=O)Nc2cnn(CC(F)(F)F)c2)nn1C. The van der Waals surface area contributed by atoms with Crippen molar-refractivity contribution in [1.82, 2.24) is 19.6 Å². The summed E-state index contributed by atoms with van der Waals surface area (Å²) < 4.78 is 38.7. The van der Waals surface area contributed by atoms with E-state index in [1.807, 2.05) is 0 Å². The predicted molar refractivity (Wildman–Crippen MR) is 64.2 cm³/mol. The second-order valence-electron chi connectivity index (χ2n) is 4.29. The Bertz CT molecular complexity index is 609. The maximum Gasteiger partial charge on any atom is 0.408 e. The van der Waals surface area contributed by atoms with Crippen LogP contribution in [0.4, 0.5) is 18.9 Å². The number of nitrogens with zero attached hydrogens (tertiary/aromatic N) is 4. The fourth-order valence-electron chi connectivity index (χ4n) is 1.56. The highest BCUT2D eigenvalue weighted by molar-refractivity contribution is 6.02. The highest BCUT2D eigenvalue weighted by Gasteiger charge is 2.28. The zero-order chi connectivity index (χ0) is 14.9. The molecule has 2 aromatic rings. The van der Waals surface area contributed by atoms with Gasteiger partial charge >= 0.3 is 6.18 Å². The molecule has 108 valence electrons. The minimum absolute atomic E-state index is 0.183. The third-order valence-corrected chi connectivity index (χ3v) is 2.58. The molecule has 2 heterocycles. The molecule has 0 aromatic carbocycles. The van der Waals surface area contributed by atoms with Gasteiger partial charge in [0.1, 0.15) is 6.54 Å². The van der Waals surface area contributed by atoms with Crippen molar-refractivity contribution in [2.45, 2.75) is 19.6 Å². The number of aromatic nitrogens is 4. The van der Waals surface area contributed by atoms with Crippen LogP contribution in [0.1, 0.15) is 16.2 Å². The summed E-state index contributed by atoms with van der Waals surface area (Å²) in [6, 6.07) is 1.58. The summed E-state index contributed by atoms with van der Waals surface area (Å²) in [6.07, 6.45) is -2.09. The molecule has 0 atom stereocenters. The van der Waals surface area contributed by atoms with Crippen molar-refractivity contribution in [2.24, 2.45) is 7.05 Å². The van der Waals surface area contributed by atoms with Gasteiger partial charge < -0.3 is 5.32 Å². The molecule has 9 heteroatoms. The summed E-state index contributed by atoms with van der Waals surface area (Å²) in [4.78, 5) is 11.8. The van der Waals surface area contributed by atoms with Gasteiger partial charge in [-0.1, -0.05) is 0 Å². The van der Waals surface area contributed by atoms with E-state index in [-0.39, 0.29) is 11.4 Å². The summed E-state index contributed by atoms with van der Waals surface area (Å²) >= 11 is 0. The number of amides is 1. The first-order valence-electron chi connectivity index (χ1n) is 5.66. The lowest BCUT2D eigenvalue weighted by Crippen LogP contribution is -2.18. The lowest BCUT2D eigenvalue weighted by Gasteiger charge is -2.05. The van der Waals surface area contributed by atoms with E-state index in [2.05, 4.69) is 15.5 Å². The van der Waals surface area contributed by atoms with Gasteiger partial charge in [-0.3, -0.25) is 14.2 Å². The average Bonchev–Trinajstić information content (AvgIpc) is 2.85. The van der Waals surface area contributed by atoms with Crippen LogP contribution in [0, 0.1) is 6.92 Å². The summed E-state index contributed by atoms with van der Waals surface area (Å²) in [7, 11) is 1.69. The van der Waals surface area contributed by atoms with Crippen LogP contribution in [0.2, 0.25) is 0 Å². The van der Waals surface area contributed by atoms with E-state index < -0.39 is 18.6 Å². The zero-order valence-electron chi connectivity index (χ0n) is 10.8. The second kappa shape index (κ2) is 4.99. The molecule has 1 N–H and O–H groups in total. The second-order valence-corrected chi connectivity index (χ2v) is 4.29. The summed E-state index contributed by atoms with van der Waals surface area (Å²) in [5, 5.41) is 9.94. The summed E-state index contributed by atoms with van der Waals surface area (Å²) in [6.45, 7) is 0.580. The predicted octanol–water partition coefficient (Wildman–Crippen LogP) is 1.74. The van der Waals surface area contributed by atoms with Crippen molar-refractivity contribution >= 4 is 11.6 Å². The van der Waals surface area contributed by atoms with Gasteiger partial charge in [0.05, 0.1) is 11.9 Å². The summed E-state index contributed by atoms with van der Waals surface area (Å²) in [5.74, 6) is -0.500. The van der Waals surface area contributed by atoms with Crippen molar-refractivity contribution in [3.8, 4) is 0 Å². The van der Waals surface area contributed by atoms with E-state index in [4.69, 9.17) is 0 Å². The van der Waals surface area contributed by atoms with Crippen LogP contribution in [-0.2, 0) is 13.6 Å². The van der Waals surface area contributed by atoms with Crippen LogP contribution in [0.15, 0.2) is 18.5 Å². The molecule has 0 fully saturated rings. The Morgan fingerprint density at radius 2 is 2.15 bits per heavy atom. The molecule has 0 unspecified atom stereocenters. The number of aryl methyl sites for hydroxylation is 2. The third kappa shape index (κ3) is 3.37. The van der Waals surface area contributed by atoms with E-state index in [0.29, 0.717) is 4.68 Å². The number of anilines is 1. The smallest absolute Gasteiger partial charge is 0.318 e. The Morgan fingerprint density at radius 1 is 1.45 bits per heavy atom. The average molecular weight is 287 g/mol. The fraction of sp³-hybridized carbons (Fsp3) is 0.364. The maximum absolute atomic E-state index is 12.2. The van der Waals surface area contributed by atoms with Crippen LogP contribution in [0.5, 0.6) is 0 Å². The number of hydrogen-bond donors (Lipinski definition) is 1. The number of carbonyl (C=O) groups excluding carboxylic acids is 1. The van der Waals surface area contributed by atoms with Crippen LogP contribution in [0.25, 0.3) is 0 Å². The topological polar surface area (TPSA) is 64.7 Å². The highest BCUT2D eigenvalue weighted by Crippen LogP contribution is 2.18. The molecule has 2 rings (SSSR count). The molecule has 2 aromatic heterocycles. The first-order valence-corrected chi connectivity index (χ1v) is 5.66. The molecule has 0 spiro atoms. The van der Waals surface area contributed by atoms with Gasteiger partial charge in [0, 0.05) is 18.9 Å². The molecule has 0 saturated heterocycles. The van der Waals surface area contributed by atoms with Crippen LogP contribution in [0.3, 0.4) is 0 Å². The number of hydrogen-bond acceptors (Lipinski definition) is 3. The Morgan fingerprint density at radius 3 is 2.70 bits per heavy atom. The number of carbonyl (C=O) groups is 1. The zero-order valence-corrected chi connectivity index (χ0v) is 10.8. The van der Waals surface area contributed by atoms with E-state index in [1.54, 1.807) is 20.0 Å². The van der Waals surface area contributed by atoms with Crippen molar-refractivity contribution in [3.05, 3.63) is 29.8 Å². The normalized spacial score (nSPS) is 11.7. The van der Waals surface area contributed by atoms with Gasteiger partial charge in [-0.15, -0.1) is 0 Å². The molecule has 0 radical (unpaired) electrons. The van der Waals surface area contributed by atoms with E-state index >= 15 is 0 Å². The lowest BCUT2D eigenvalue weighted by molar-refractivity contribution is -0.142.